The largest absolute Gasteiger partial charge is 0.417 e. The lowest BCUT2D eigenvalue weighted by Crippen LogP contribution is -2.42. The standard InChI is InChI=1S/C25H22ClF4N3O3/c1-13-7-20(34)33-23(32-13)21-19(25(28,29)30)6-5-15(22(21)27)11-31-24(35)16-9-18(10-16)36-12-14-3-2-4-17(26)8-14/h2-8,16,18H,9-12H2,1H3,(H,31,35)(H,32,33,34)/t16-,18-. The van der Waals surface area contributed by atoms with Gasteiger partial charge in [-0.1, -0.05) is 29.8 Å². The Morgan fingerprint density at radius 3 is 2.64 bits per heavy atom. The zero-order chi connectivity index (χ0) is 26.0. The molecule has 3 aromatic rings. The fourth-order valence-corrected chi connectivity index (χ4v) is 4.22. The molecule has 1 aromatic heterocycles. The second-order valence-corrected chi connectivity index (χ2v) is 9.08. The molecule has 0 aliphatic heterocycles. The Morgan fingerprint density at radius 1 is 1.22 bits per heavy atom. The third-order valence-electron chi connectivity index (χ3n) is 5.93. The molecule has 36 heavy (non-hydrogen) atoms. The van der Waals surface area contributed by atoms with Gasteiger partial charge in [0.25, 0.3) is 5.56 Å². The van der Waals surface area contributed by atoms with Crippen molar-refractivity contribution in [1.82, 2.24) is 15.3 Å². The van der Waals surface area contributed by atoms with Gasteiger partial charge in [-0.15, -0.1) is 0 Å². The third-order valence-corrected chi connectivity index (χ3v) is 6.16. The Bertz CT molecular complexity index is 1340. The molecule has 1 saturated carbocycles. The van der Waals surface area contributed by atoms with E-state index in [1.165, 1.54) is 6.92 Å². The monoisotopic (exact) mass is 523 g/mol. The lowest BCUT2D eigenvalue weighted by atomic mass is 9.81. The molecule has 0 atom stereocenters. The summed E-state index contributed by atoms with van der Waals surface area (Å²) in [4.78, 5) is 30.3. The van der Waals surface area contributed by atoms with E-state index in [1.54, 1.807) is 12.1 Å². The van der Waals surface area contributed by atoms with Gasteiger partial charge in [0.1, 0.15) is 11.6 Å². The molecule has 0 spiro atoms. The molecule has 0 saturated heterocycles. The van der Waals surface area contributed by atoms with E-state index in [4.69, 9.17) is 16.3 Å². The van der Waals surface area contributed by atoms with E-state index >= 15 is 4.39 Å². The number of nitrogens with one attached hydrogen (secondary N) is 2. The maximum absolute atomic E-state index is 15.3. The highest BCUT2D eigenvalue weighted by molar-refractivity contribution is 6.30. The van der Waals surface area contributed by atoms with Gasteiger partial charge in [0.05, 0.1) is 23.8 Å². The van der Waals surface area contributed by atoms with Crippen molar-refractivity contribution in [2.24, 2.45) is 5.92 Å². The van der Waals surface area contributed by atoms with Crippen molar-refractivity contribution in [2.45, 2.75) is 45.2 Å². The molecule has 6 nitrogen and oxygen atoms in total. The van der Waals surface area contributed by atoms with Gasteiger partial charge in [0.2, 0.25) is 5.91 Å². The van der Waals surface area contributed by atoms with E-state index < -0.39 is 34.5 Å². The predicted molar refractivity (Wildman–Crippen MR) is 125 cm³/mol. The average molecular weight is 524 g/mol. The summed E-state index contributed by atoms with van der Waals surface area (Å²) < 4.78 is 61.8. The number of rotatable bonds is 7. The molecule has 0 unspecified atom stereocenters. The number of halogens is 5. The van der Waals surface area contributed by atoms with Crippen LogP contribution in [0, 0.1) is 18.7 Å². The first-order valence-corrected chi connectivity index (χ1v) is 11.5. The van der Waals surface area contributed by atoms with Gasteiger partial charge in [-0.05, 0) is 43.5 Å². The molecule has 1 aliphatic carbocycles. The quantitative estimate of drug-likeness (QED) is 0.419. The normalized spacial score (nSPS) is 17.5. The SMILES string of the molecule is Cc1cc(=O)[nH]c(-c2c(C(F)(F)F)ccc(CNC(=O)[C@H]3C[C@H](OCc4cccc(Cl)c4)C3)c2F)n1. The maximum atomic E-state index is 15.3. The highest BCUT2D eigenvalue weighted by Crippen LogP contribution is 2.38. The van der Waals surface area contributed by atoms with Crippen LogP contribution in [0.25, 0.3) is 11.4 Å². The van der Waals surface area contributed by atoms with Gasteiger partial charge < -0.3 is 15.0 Å². The Balaban J connectivity index is 1.41. The van der Waals surface area contributed by atoms with Crippen molar-refractivity contribution in [2.75, 3.05) is 0 Å². The number of amides is 1. The number of benzene rings is 2. The molecule has 1 amide bonds. The number of aryl methyl sites for hydroxylation is 1. The molecular formula is C25H22ClF4N3O3. The van der Waals surface area contributed by atoms with Crippen molar-refractivity contribution < 1.29 is 27.1 Å². The van der Waals surface area contributed by atoms with E-state index in [0.717, 1.165) is 17.7 Å². The molecule has 4 rings (SSSR count). The van der Waals surface area contributed by atoms with Gasteiger partial charge in [-0.25, -0.2) is 9.37 Å². The van der Waals surface area contributed by atoms with E-state index in [2.05, 4.69) is 15.3 Å². The van der Waals surface area contributed by atoms with Gasteiger partial charge in [0, 0.05) is 34.8 Å². The van der Waals surface area contributed by atoms with Gasteiger partial charge in [0.15, 0.2) is 0 Å². The van der Waals surface area contributed by atoms with Crippen LogP contribution >= 0.6 is 11.6 Å². The molecule has 1 heterocycles. The van der Waals surface area contributed by atoms with E-state index in [1.807, 2.05) is 12.1 Å². The smallest absolute Gasteiger partial charge is 0.373 e. The van der Waals surface area contributed by atoms with Gasteiger partial charge in [-0.3, -0.25) is 9.59 Å². The Kier molecular flexibility index (Phi) is 7.46. The van der Waals surface area contributed by atoms with Crippen LogP contribution in [-0.4, -0.2) is 22.0 Å². The minimum atomic E-state index is -4.88. The zero-order valence-corrected chi connectivity index (χ0v) is 19.8. The summed E-state index contributed by atoms with van der Waals surface area (Å²) in [6.45, 7) is 1.45. The number of nitrogens with zero attached hydrogens (tertiary/aromatic N) is 1. The van der Waals surface area contributed by atoms with Crippen molar-refractivity contribution in [3.63, 3.8) is 0 Å². The number of carbonyl (C=O) groups is 1. The van der Waals surface area contributed by atoms with Crippen LogP contribution in [0.1, 0.15) is 35.2 Å². The van der Waals surface area contributed by atoms with E-state index in [0.29, 0.717) is 30.5 Å². The second-order valence-electron chi connectivity index (χ2n) is 8.64. The molecule has 190 valence electrons. The summed E-state index contributed by atoms with van der Waals surface area (Å²) in [6, 6.07) is 10.0. The second kappa shape index (κ2) is 10.4. The highest BCUT2D eigenvalue weighted by atomic mass is 35.5. The first-order chi connectivity index (χ1) is 17.0. The molecule has 11 heteroatoms. The highest BCUT2D eigenvalue weighted by Gasteiger charge is 2.37. The lowest BCUT2D eigenvalue weighted by molar-refractivity contribution is -0.137. The van der Waals surface area contributed by atoms with Crippen LogP contribution < -0.4 is 10.9 Å². The molecule has 1 aliphatic rings. The number of aromatic amines is 1. The third kappa shape index (κ3) is 5.93. The lowest BCUT2D eigenvalue weighted by Gasteiger charge is -2.34. The van der Waals surface area contributed by atoms with Crippen LogP contribution in [-0.2, 0) is 28.9 Å². The minimum absolute atomic E-state index is 0.113. The van der Waals surface area contributed by atoms with Crippen LogP contribution in [0.2, 0.25) is 5.02 Å². The van der Waals surface area contributed by atoms with E-state index in [-0.39, 0.29) is 35.7 Å². The summed E-state index contributed by atoms with van der Waals surface area (Å²) in [5.74, 6) is -2.44. The predicted octanol–water partition coefficient (Wildman–Crippen LogP) is 5.17. The van der Waals surface area contributed by atoms with Gasteiger partial charge in [-0.2, -0.15) is 13.2 Å². The number of carbonyl (C=O) groups excluding carboxylic acids is 1. The van der Waals surface area contributed by atoms with Crippen LogP contribution in [0.3, 0.4) is 0 Å². The van der Waals surface area contributed by atoms with Crippen molar-refractivity contribution in [3.05, 3.63) is 86.0 Å². The average Bonchev–Trinajstić information content (AvgIpc) is 2.75. The fourth-order valence-electron chi connectivity index (χ4n) is 4.00. The summed E-state index contributed by atoms with van der Waals surface area (Å²) in [6.07, 6.45) is -4.05. The maximum Gasteiger partial charge on any atom is 0.417 e. The summed E-state index contributed by atoms with van der Waals surface area (Å²) >= 11 is 5.95. The summed E-state index contributed by atoms with van der Waals surface area (Å²) in [7, 11) is 0. The number of hydrogen-bond donors (Lipinski definition) is 2. The van der Waals surface area contributed by atoms with E-state index in [9.17, 15) is 22.8 Å². The number of alkyl halides is 3. The summed E-state index contributed by atoms with van der Waals surface area (Å²) in [5.41, 5.74) is -1.97. The topological polar surface area (TPSA) is 84.1 Å². The number of H-pyrrole nitrogens is 1. The minimum Gasteiger partial charge on any atom is -0.373 e. The zero-order valence-electron chi connectivity index (χ0n) is 19.1. The van der Waals surface area contributed by atoms with Crippen molar-refractivity contribution in [3.8, 4) is 11.4 Å². The molecule has 2 N–H and O–H groups in total. The molecule has 0 bridgehead atoms. The first kappa shape index (κ1) is 25.8. The van der Waals surface area contributed by atoms with Crippen molar-refractivity contribution in [1.29, 1.82) is 0 Å². The summed E-state index contributed by atoms with van der Waals surface area (Å²) in [5, 5.41) is 3.18. The van der Waals surface area contributed by atoms with Crippen LogP contribution in [0.15, 0.2) is 47.3 Å². The molecular weight excluding hydrogens is 502 g/mol. The number of aromatic nitrogens is 2. The molecule has 0 radical (unpaired) electrons. The molecule has 2 aromatic carbocycles. The first-order valence-electron chi connectivity index (χ1n) is 11.1. The molecule has 1 fully saturated rings. The van der Waals surface area contributed by atoms with Crippen molar-refractivity contribution >= 4 is 17.5 Å². The number of ether oxygens (including phenoxy) is 1. The number of hydrogen-bond acceptors (Lipinski definition) is 4. The van der Waals surface area contributed by atoms with Crippen LogP contribution in [0.5, 0.6) is 0 Å². The van der Waals surface area contributed by atoms with Gasteiger partial charge >= 0.3 is 6.18 Å². The van der Waals surface area contributed by atoms with Crippen LogP contribution in [0.4, 0.5) is 17.6 Å². The Hall–Kier alpha value is -3.24. The fraction of sp³-hybridized carbons (Fsp3) is 0.320. The Labute approximate surface area is 208 Å². The Morgan fingerprint density at radius 2 is 1.97 bits per heavy atom.